The van der Waals surface area contributed by atoms with Crippen molar-refractivity contribution in [1.29, 1.82) is 0 Å². The van der Waals surface area contributed by atoms with Crippen LogP contribution in [0.1, 0.15) is 30.4 Å². The van der Waals surface area contributed by atoms with Gasteiger partial charge in [0.15, 0.2) is 5.84 Å². The Balaban J connectivity index is 2.00. The molecule has 3 N–H and O–H groups in total. The molecule has 0 spiro atoms. The van der Waals surface area contributed by atoms with Crippen LogP contribution in [0.2, 0.25) is 0 Å². The van der Waals surface area contributed by atoms with E-state index in [-0.39, 0.29) is 5.84 Å². The highest BCUT2D eigenvalue weighted by atomic mass is 16.5. The first-order chi connectivity index (χ1) is 9.63. The highest BCUT2D eigenvalue weighted by Crippen LogP contribution is 2.21. The Morgan fingerprint density at radius 2 is 2.45 bits per heavy atom. The maximum absolute atomic E-state index is 8.84. The van der Waals surface area contributed by atoms with Gasteiger partial charge in [0.1, 0.15) is 0 Å². The maximum atomic E-state index is 8.84. The Morgan fingerprint density at radius 1 is 1.65 bits per heavy atom. The predicted molar refractivity (Wildman–Crippen MR) is 77.2 cm³/mol. The molecule has 110 valence electrons. The molecule has 1 aromatic rings. The molecule has 1 saturated heterocycles. The third-order valence-corrected chi connectivity index (χ3v) is 3.85. The van der Waals surface area contributed by atoms with Crippen molar-refractivity contribution >= 4 is 5.84 Å². The van der Waals surface area contributed by atoms with E-state index in [1.54, 1.807) is 6.20 Å². The van der Waals surface area contributed by atoms with Crippen LogP contribution in [0.15, 0.2) is 17.4 Å². The summed E-state index contributed by atoms with van der Waals surface area (Å²) in [5.74, 6) is 0.463. The average molecular weight is 278 g/mol. The minimum atomic E-state index is 0.0311. The second kappa shape index (κ2) is 6.56. The third kappa shape index (κ3) is 3.19. The van der Waals surface area contributed by atoms with Crippen LogP contribution in [0, 0.1) is 6.92 Å². The molecule has 1 atom stereocenters. The highest BCUT2D eigenvalue weighted by Gasteiger charge is 2.21. The van der Waals surface area contributed by atoms with Crippen molar-refractivity contribution in [2.75, 3.05) is 20.2 Å². The first-order valence-corrected chi connectivity index (χ1v) is 6.90. The summed E-state index contributed by atoms with van der Waals surface area (Å²) in [4.78, 5) is 6.54. The van der Waals surface area contributed by atoms with Crippen molar-refractivity contribution in [3.05, 3.63) is 23.4 Å². The number of ether oxygens (including phenoxy) is 1. The number of amidine groups is 1. The molecule has 0 bridgehead atoms. The summed E-state index contributed by atoms with van der Waals surface area (Å²) in [5.41, 5.74) is 7.13. The molecule has 2 heterocycles. The number of oxime groups is 1. The highest BCUT2D eigenvalue weighted by molar-refractivity contribution is 6.00. The topological polar surface area (TPSA) is 84.0 Å². The van der Waals surface area contributed by atoms with Crippen molar-refractivity contribution in [3.8, 4) is 5.88 Å². The van der Waals surface area contributed by atoms with Gasteiger partial charge in [-0.05, 0) is 51.4 Å². The smallest absolute Gasteiger partial charge is 0.224 e. The first-order valence-electron chi connectivity index (χ1n) is 6.90. The minimum absolute atomic E-state index is 0.0311. The van der Waals surface area contributed by atoms with Gasteiger partial charge < -0.3 is 20.6 Å². The van der Waals surface area contributed by atoms with Gasteiger partial charge in [-0.2, -0.15) is 0 Å². The number of likely N-dealkylation sites (tertiary alicyclic amines) is 1. The summed E-state index contributed by atoms with van der Waals surface area (Å²) >= 11 is 0. The van der Waals surface area contributed by atoms with Crippen LogP contribution in [0.4, 0.5) is 0 Å². The molecule has 0 saturated carbocycles. The summed E-state index contributed by atoms with van der Waals surface area (Å²) in [6, 6.07) is 2.39. The number of aromatic nitrogens is 1. The van der Waals surface area contributed by atoms with Crippen LogP contribution in [0.5, 0.6) is 5.88 Å². The van der Waals surface area contributed by atoms with E-state index in [2.05, 4.69) is 22.1 Å². The Bertz CT molecular complexity index is 490. The Kier molecular flexibility index (Phi) is 4.79. The van der Waals surface area contributed by atoms with E-state index in [1.165, 1.54) is 12.8 Å². The first kappa shape index (κ1) is 14.6. The summed E-state index contributed by atoms with van der Waals surface area (Å²) in [5, 5.41) is 11.9. The van der Waals surface area contributed by atoms with Gasteiger partial charge in [-0.3, -0.25) is 0 Å². The van der Waals surface area contributed by atoms with Gasteiger partial charge in [0.2, 0.25) is 5.88 Å². The van der Waals surface area contributed by atoms with E-state index < -0.39 is 0 Å². The van der Waals surface area contributed by atoms with Gasteiger partial charge >= 0.3 is 0 Å². The summed E-state index contributed by atoms with van der Waals surface area (Å²) in [7, 11) is 2.14. The number of aryl methyl sites for hydroxylation is 1. The zero-order valence-electron chi connectivity index (χ0n) is 12.0. The molecule has 1 fully saturated rings. The lowest BCUT2D eigenvalue weighted by molar-refractivity contribution is 0.228. The lowest BCUT2D eigenvalue weighted by Crippen LogP contribution is -2.27. The van der Waals surface area contributed by atoms with Crippen molar-refractivity contribution < 1.29 is 9.94 Å². The molecule has 6 nitrogen and oxygen atoms in total. The Labute approximate surface area is 119 Å². The van der Waals surface area contributed by atoms with Crippen LogP contribution in [0.3, 0.4) is 0 Å². The molecule has 2 rings (SSSR count). The normalized spacial score (nSPS) is 20.3. The van der Waals surface area contributed by atoms with Crippen molar-refractivity contribution in [1.82, 2.24) is 9.88 Å². The van der Waals surface area contributed by atoms with Crippen molar-refractivity contribution in [2.45, 2.75) is 32.2 Å². The van der Waals surface area contributed by atoms with Crippen molar-refractivity contribution in [3.63, 3.8) is 0 Å². The lowest BCUT2D eigenvalue weighted by Gasteiger charge is -2.19. The largest absolute Gasteiger partial charge is 0.477 e. The molecule has 1 aliphatic rings. The monoisotopic (exact) mass is 278 g/mol. The fourth-order valence-corrected chi connectivity index (χ4v) is 2.64. The number of hydrogen-bond donors (Lipinski definition) is 2. The Hall–Kier alpha value is -1.82. The second-order valence-electron chi connectivity index (χ2n) is 5.21. The minimum Gasteiger partial charge on any atom is -0.477 e. The molecule has 0 amide bonds. The van der Waals surface area contributed by atoms with Crippen LogP contribution >= 0.6 is 0 Å². The van der Waals surface area contributed by atoms with E-state index >= 15 is 0 Å². The number of nitrogens with zero attached hydrogens (tertiary/aromatic N) is 3. The number of pyridine rings is 1. The van der Waals surface area contributed by atoms with Crippen LogP contribution < -0.4 is 10.5 Å². The lowest BCUT2D eigenvalue weighted by atomic mass is 10.1. The molecule has 1 unspecified atom stereocenters. The molecule has 0 radical (unpaired) electrons. The Morgan fingerprint density at radius 3 is 3.10 bits per heavy atom. The third-order valence-electron chi connectivity index (χ3n) is 3.85. The fourth-order valence-electron chi connectivity index (χ4n) is 2.64. The molecule has 1 aromatic heterocycles. The standard InChI is InChI=1S/C14H22N4O2/c1-10-5-7-16-14(12(10)13(15)17-19)20-9-6-11-4-3-8-18(11)2/h5,7,11,19H,3-4,6,8-9H2,1-2H3,(H2,15,17). The quantitative estimate of drug-likeness (QED) is 0.367. The molecule has 0 aliphatic carbocycles. The molecular weight excluding hydrogens is 256 g/mol. The van der Waals surface area contributed by atoms with Gasteiger partial charge in [0.05, 0.1) is 12.2 Å². The van der Waals surface area contributed by atoms with E-state index in [1.807, 2.05) is 13.0 Å². The summed E-state index contributed by atoms with van der Waals surface area (Å²) in [6.45, 7) is 3.62. The van der Waals surface area contributed by atoms with Gasteiger partial charge in [-0.25, -0.2) is 4.98 Å². The van der Waals surface area contributed by atoms with Crippen LogP contribution in [-0.4, -0.2) is 47.2 Å². The van der Waals surface area contributed by atoms with Gasteiger partial charge in [-0.1, -0.05) is 5.16 Å². The zero-order valence-corrected chi connectivity index (χ0v) is 12.0. The van der Waals surface area contributed by atoms with Gasteiger partial charge in [-0.15, -0.1) is 0 Å². The zero-order chi connectivity index (χ0) is 14.5. The van der Waals surface area contributed by atoms with Crippen LogP contribution in [-0.2, 0) is 0 Å². The summed E-state index contributed by atoms with van der Waals surface area (Å²) in [6.07, 6.45) is 5.09. The number of nitrogens with two attached hydrogens (primary N) is 1. The summed E-state index contributed by atoms with van der Waals surface area (Å²) < 4.78 is 5.74. The maximum Gasteiger partial charge on any atom is 0.224 e. The molecular formula is C14H22N4O2. The fraction of sp³-hybridized carbons (Fsp3) is 0.571. The van der Waals surface area contributed by atoms with E-state index in [4.69, 9.17) is 15.7 Å². The number of hydrogen-bond acceptors (Lipinski definition) is 5. The molecule has 0 aromatic carbocycles. The number of rotatable bonds is 5. The molecule has 20 heavy (non-hydrogen) atoms. The second-order valence-corrected chi connectivity index (χ2v) is 5.21. The van der Waals surface area contributed by atoms with Crippen LogP contribution in [0.25, 0.3) is 0 Å². The van der Waals surface area contributed by atoms with Crippen molar-refractivity contribution in [2.24, 2.45) is 10.9 Å². The van der Waals surface area contributed by atoms with E-state index in [9.17, 15) is 0 Å². The van der Waals surface area contributed by atoms with Gasteiger partial charge in [0, 0.05) is 12.2 Å². The van der Waals surface area contributed by atoms with Gasteiger partial charge in [0.25, 0.3) is 0 Å². The van der Waals surface area contributed by atoms with E-state index in [0.29, 0.717) is 24.1 Å². The molecule has 1 aliphatic heterocycles. The van der Waals surface area contributed by atoms with E-state index in [0.717, 1.165) is 18.5 Å². The molecule has 6 heteroatoms. The SMILES string of the molecule is Cc1ccnc(OCCC2CCCN2C)c1/C(N)=N/O. The predicted octanol–water partition coefficient (Wildman–Crippen LogP) is 1.35. The average Bonchev–Trinajstić information content (AvgIpc) is 2.84.